The van der Waals surface area contributed by atoms with E-state index in [0.717, 1.165) is 0 Å². The van der Waals surface area contributed by atoms with E-state index in [1.165, 1.54) is 18.2 Å². The Labute approximate surface area is 301 Å². The Kier molecular flexibility index (Phi) is 3.79. The standard InChI is InChI=1S/C45H27N3O/c1-3-12-28(13-4-1)43-46-44(29-14-5-2-6-15-29)48-45(47-43)37-20-11-21-41-42(37)39-27-31(23-25-40(39)49-41)30-22-24-36-34-18-8-7-16-32(34)33-17-9-10-19-35(33)38(36)26-30/h1-27H/i7D,8D,9D,10D,11D,18D,19D,21D,22D,23D,24D,25D,26D,27D. The second kappa shape index (κ2) is 11.0. The highest BCUT2D eigenvalue weighted by Crippen LogP contribution is 2.40. The van der Waals surface area contributed by atoms with Crippen LogP contribution < -0.4 is 0 Å². The Morgan fingerprint density at radius 3 is 1.63 bits per heavy atom. The van der Waals surface area contributed by atoms with Crippen LogP contribution in [0.3, 0.4) is 0 Å². The summed E-state index contributed by atoms with van der Waals surface area (Å²) in [4.78, 5) is 14.3. The second-order valence-electron chi connectivity index (χ2n) is 11.3. The zero-order valence-electron chi connectivity index (χ0n) is 39.3. The van der Waals surface area contributed by atoms with Gasteiger partial charge in [0.2, 0.25) is 0 Å². The number of nitrogens with zero attached hydrogens (tertiary/aromatic N) is 3. The summed E-state index contributed by atoms with van der Waals surface area (Å²) in [5, 5.41) is -0.450. The molecule has 4 heteroatoms. The van der Waals surface area contributed by atoms with Gasteiger partial charge in [-0.1, -0.05) is 139 Å². The summed E-state index contributed by atoms with van der Waals surface area (Å²) in [6, 6.07) is 15.0. The van der Waals surface area contributed by atoms with Gasteiger partial charge in [-0.05, 0) is 67.6 Å². The summed E-state index contributed by atoms with van der Waals surface area (Å²) in [6.07, 6.45) is 0. The Hall–Kier alpha value is -6.65. The number of aromatic nitrogens is 3. The van der Waals surface area contributed by atoms with Crippen molar-refractivity contribution in [2.45, 2.75) is 0 Å². The van der Waals surface area contributed by atoms with E-state index >= 15 is 0 Å². The molecule has 0 amide bonds. The Balaban J connectivity index is 1.36. The number of hydrogen-bond donors (Lipinski definition) is 0. The predicted molar refractivity (Wildman–Crippen MR) is 201 cm³/mol. The molecule has 0 saturated carbocycles. The average molecular weight is 640 g/mol. The van der Waals surface area contributed by atoms with Crippen LogP contribution in [0.4, 0.5) is 0 Å². The van der Waals surface area contributed by atoms with E-state index in [2.05, 4.69) is 0 Å². The number of furan rings is 1. The second-order valence-corrected chi connectivity index (χ2v) is 11.3. The van der Waals surface area contributed by atoms with Crippen LogP contribution in [-0.4, -0.2) is 15.0 Å². The number of hydrogen-bond acceptors (Lipinski definition) is 4. The van der Waals surface area contributed by atoms with Crippen molar-refractivity contribution in [3.63, 3.8) is 0 Å². The van der Waals surface area contributed by atoms with Gasteiger partial charge in [-0.15, -0.1) is 0 Å². The molecule has 0 aliphatic carbocycles. The van der Waals surface area contributed by atoms with Gasteiger partial charge in [-0.25, -0.2) is 15.0 Å². The van der Waals surface area contributed by atoms with E-state index in [9.17, 15) is 8.22 Å². The molecule has 2 heterocycles. The summed E-state index contributed by atoms with van der Waals surface area (Å²) < 4.78 is 132. The van der Waals surface area contributed by atoms with Crippen LogP contribution in [0.5, 0.6) is 0 Å². The molecule has 10 rings (SSSR count). The maximum absolute atomic E-state index is 9.79. The fraction of sp³-hybridized carbons (Fsp3) is 0. The largest absolute Gasteiger partial charge is 0.456 e. The first kappa shape index (κ1) is 17.0. The molecule has 4 nitrogen and oxygen atoms in total. The third-order valence-electron chi connectivity index (χ3n) is 8.41. The van der Waals surface area contributed by atoms with Gasteiger partial charge >= 0.3 is 0 Å². The molecular weight excluding hydrogens is 599 g/mol. The van der Waals surface area contributed by atoms with Gasteiger partial charge in [0.1, 0.15) is 11.2 Å². The zero-order valence-corrected chi connectivity index (χ0v) is 25.3. The smallest absolute Gasteiger partial charge is 0.164 e. The van der Waals surface area contributed by atoms with Crippen molar-refractivity contribution >= 4 is 54.3 Å². The fourth-order valence-corrected chi connectivity index (χ4v) is 6.15. The van der Waals surface area contributed by atoms with Crippen molar-refractivity contribution in [1.82, 2.24) is 15.0 Å². The van der Waals surface area contributed by atoms with E-state index < -0.39 is 77.6 Å². The number of fused-ring (bicyclic) bond motifs is 9. The minimum atomic E-state index is -0.676. The average Bonchev–Trinajstić information content (AvgIpc) is 3.70. The van der Waals surface area contributed by atoms with Crippen LogP contribution >= 0.6 is 0 Å². The van der Waals surface area contributed by atoms with E-state index in [0.29, 0.717) is 11.1 Å². The molecule has 0 bridgehead atoms. The summed E-state index contributed by atoms with van der Waals surface area (Å²) in [6.45, 7) is 0. The van der Waals surface area contributed by atoms with Crippen LogP contribution in [0.25, 0.3) is 99.5 Å². The van der Waals surface area contributed by atoms with Gasteiger partial charge in [-0.2, -0.15) is 0 Å². The molecule has 0 unspecified atom stereocenters. The lowest BCUT2D eigenvalue weighted by Crippen LogP contribution is -2.00. The molecule has 10 aromatic rings. The highest BCUT2D eigenvalue weighted by Gasteiger charge is 2.18. The highest BCUT2D eigenvalue weighted by atomic mass is 16.3. The van der Waals surface area contributed by atoms with Crippen molar-refractivity contribution in [3.8, 4) is 45.3 Å². The molecule has 228 valence electrons. The first-order valence-electron chi connectivity index (χ1n) is 22.3. The number of benzene rings is 8. The maximum atomic E-state index is 9.79. The SMILES string of the molecule is [2H]c1cc2c3cc([2H])c([2H])c([2H])c3c3c([2H])c(-c4c([2H])c([2H])c5oc6c([2H])c([2H])cc(-c7nc(-c8ccccc8)nc(-c8ccccc8)n7)c6c5c4[2H])c([2H])c([2H])c3c2c([2H])c1[2H]. The van der Waals surface area contributed by atoms with Crippen molar-refractivity contribution in [1.29, 1.82) is 0 Å². The Bertz CT molecular complexity index is 3620. The topological polar surface area (TPSA) is 51.8 Å². The quantitative estimate of drug-likeness (QED) is 0.180. The van der Waals surface area contributed by atoms with E-state index in [-0.39, 0.29) is 95.4 Å². The summed E-state index contributed by atoms with van der Waals surface area (Å²) in [5.74, 6) is 0.577. The maximum Gasteiger partial charge on any atom is 0.164 e. The first-order valence-corrected chi connectivity index (χ1v) is 15.3. The minimum absolute atomic E-state index is 0.0323. The third kappa shape index (κ3) is 4.49. The zero-order chi connectivity index (χ0) is 44.5. The molecule has 49 heavy (non-hydrogen) atoms. The molecule has 0 atom stereocenters. The molecular formula is C45H27N3O. The van der Waals surface area contributed by atoms with Crippen LogP contribution in [0.2, 0.25) is 0 Å². The normalized spacial score (nSPS) is 15.7. The van der Waals surface area contributed by atoms with E-state index in [4.69, 9.17) is 30.3 Å². The minimum Gasteiger partial charge on any atom is -0.456 e. The van der Waals surface area contributed by atoms with Gasteiger partial charge in [0, 0.05) is 27.5 Å². The first-order chi connectivity index (χ1) is 30.1. The molecule has 0 radical (unpaired) electrons. The third-order valence-corrected chi connectivity index (χ3v) is 8.41. The molecule has 0 aliphatic heterocycles. The molecule has 2 aromatic heterocycles. The lowest BCUT2D eigenvalue weighted by atomic mass is 9.92. The van der Waals surface area contributed by atoms with Crippen LogP contribution in [0.1, 0.15) is 19.2 Å². The lowest BCUT2D eigenvalue weighted by Gasteiger charge is -2.12. The van der Waals surface area contributed by atoms with Crippen LogP contribution in [0.15, 0.2) is 168 Å². The van der Waals surface area contributed by atoms with Gasteiger partial charge in [0.15, 0.2) is 17.5 Å². The summed E-state index contributed by atoms with van der Waals surface area (Å²) in [5.41, 5.74) is 0.0187. The van der Waals surface area contributed by atoms with Gasteiger partial charge < -0.3 is 4.42 Å². The lowest BCUT2D eigenvalue weighted by molar-refractivity contribution is 0.669. The van der Waals surface area contributed by atoms with Crippen LogP contribution in [0, 0.1) is 0 Å². The highest BCUT2D eigenvalue weighted by molar-refractivity contribution is 6.25. The van der Waals surface area contributed by atoms with E-state index in [1.54, 1.807) is 0 Å². The van der Waals surface area contributed by atoms with Gasteiger partial charge in [-0.3, -0.25) is 0 Å². The van der Waals surface area contributed by atoms with Gasteiger partial charge in [0.25, 0.3) is 0 Å². The molecule has 8 aromatic carbocycles. The molecule has 0 N–H and O–H groups in total. The number of rotatable bonds is 4. The fourth-order valence-electron chi connectivity index (χ4n) is 6.15. The summed E-state index contributed by atoms with van der Waals surface area (Å²) >= 11 is 0. The monoisotopic (exact) mass is 639 g/mol. The predicted octanol–water partition coefficient (Wildman–Crippen LogP) is 11.9. The van der Waals surface area contributed by atoms with Crippen molar-refractivity contribution in [2.75, 3.05) is 0 Å². The molecule has 0 spiro atoms. The van der Waals surface area contributed by atoms with Crippen molar-refractivity contribution in [2.24, 2.45) is 0 Å². The Morgan fingerprint density at radius 2 is 0.959 bits per heavy atom. The molecule has 0 saturated heterocycles. The summed E-state index contributed by atoms with van der Waals surface area (Å²) in [7, 11) is 0. The van der Waals surface area contributed by atoms with Gasteiger partial charge in [0.05, 0.1) is 19.2 Å². The molecule has 0 fully saturated rings. The van der Waals surface area contributed by atoms with Crippen molar-refractivity contribution in [3.05, 3.63) is 163 Å². The van der Waals surface area contributed by atoms with E-state index in [1.807, 2.05) is 60.7 Å². The molecule has 0 aliphatic rings. The van der Waals surface area contributed by atoms with Crippen LogP contribution in [-0.2, 0) is 0 Å². The van der Waals surface area contributed by atoms with Crippen molar-refractivity contribution < 1.29 is 23.6 Å². The Morgan fingerprint density at radius 1 is 0.388 bits per heavy atom.